The summed E-state index contributed by atoms with van der Waals surface area (Å²) in [5.74, 6) is 0.0128. The van der Waals surface area contributed by atoms with Crippen LogP contribution in [0.5, 0.6) is 0 Å². The molecule has 1 aliphatic heterocycles. The number of rotatable bonds is 4. The van der Waals surface area contributed by atoms with Crippen molar-refractivity contribution in [2.75, 3.05) is 21.9 Å². The SMILES string of the molecule is Cc1cc(C)n(C(C)C(=O)Nc2ccc(N3CCCS3(=O)=O)cc2)n1. The Morgan fingerprint density at radius 2 is 1.92 bits per heavy atom. The van der Waals surface area contributed by atoms with Gasteiger partial charge in [0.25, 0.3) is 0 Å². The second-order valence-electron chi connectivity index (χ2n) is 6.33. The maximum Gasteiger partial charge on any atom is 0.248 e. The van der Waals surface area contributed by atoms with Crippen molar-refractivity contribution < 1.29 is 13.2 Å². The van der Waals surface area contributed by atoms with Gasteiger partial charge in [-0.1, -0.05) is 0 Å². The lowest BCUT2D eigenvalue weighted by molar-refractivity contribution is -0.119. The van der Waals surface area contributed by atoms with Crippen LogP contribution in [0, 0.1) is 13.8 Å². The molecule has 2 heterocycles. The van der Waals surface area contributed by atoms with E-state index in [4.69, 9.17) is 0 Å². The zero-order valence-corrected chi connectivity index (χ0v) is 15.4. The van der Waals surface area contributed by atoms with Crippen molar-refractivity contribution >= 4 is 27.3 Å². The molecule has 7 nitrogen and oxygen atoms in total. The van der Waals surface area contributed by atoms with Gasteiger partial charge >= 0.3 is 0 Å². The summed E-state index contributed by atoms with van der Waals surface area (Å²) in [4.78, 5) is 12.4. The average Bonchev–Trinajstić information content (AvgIpc) is 3.08. The van der Waals surface area contributed by atoms with E-state index < -0.39 is 16.1 Å². The fourth-order valence-electron chi connectivity index (χ4n) is 3.04. The Bertz CT molecular complexity index is 887. The van der Waals surface area contributed by atoms with Crippen LogP contribution in [0.3, 0.4) is 0 Å². The van der Waals surface area contributed by atoms with E-state index in [1.54, 1.807) is 35.9 Å². The van der Waals surface area contributed by atoms with Gasteiger partial charge in [-0.15, -0.1) is 0 Å². The number of hydrogen-bond acceptors (Lipinski definition) is 4. The number of nitrogens with zero attached hydrogens (tertiary/aromatic N) is 3. The van der Waals surface area contributed by atoms with E-state index in [9.17, 15) is 13.2 Å². The molecule has 25 heavy (non-hydrogen) atoms. The first-order chi connectivity index (χ1) is 11.8. The minimum atomic E-state index is -3.19. The second-order valence-corrected chi connectivity index (χ2v) is 8.34. The highest BCUT2D eigenvalue weighted by atomic mass is 32.2. The number of amides is 1. The third kappa shape index (κ3) is 3.53. The van der Waals surface area contributed by atoms with Gasteiger partial charge < -0.3 is 5.32 Å². The molecule has 1 aliphatic rings. The molecule has 1 N–H and O–H groups in total. The van der Waals surface area contributed by atoms with Crippen LogP contribution in [0.4, 0.5) is 11.4 Å². The van der Waals surface area contributed by atoms with Crippen molar-refractivity contribution in [3.05, 3.63) is 41.7 Å². The Hall–Kier alpha value is -2.35. The van der Waals surface area contributed by atoms with E-state index in [-0.39, 0.29) is 11.7 Å². The van der Waals surface area contributed by atoms with Gasteiger partial charge in [-0.3, -0.25) is 13.8 Å². The summed E-state index contributed by atoms with van der Waals surface area (Å²) in [6.45, 7) is 6.09. The Morgan fingerprint density at radius 1 is 1.24 bits per heavy atom. The Labute approximate surface area is 147 Å². The fraction of sp³-hybridized carbons (Fsp3) is 0.412. The van der Waals surface area contributed by atoms with Gasteiger partial charge in [-0.25, -0.2) is 8.42 Å². The van der Waals surface area contributed by atoms with Crippen LogP contribution in [0.25, 0.3) is 0 Å². The highest BCUT2D eigenvalue weighted by Crippen LogP contribution is 2.25. The van der Waals surface area contributed by atoms with Crippen LogP contribution in [-0.4, -0.2) is 36.4 Å². The summed E-state index contributed by atoms with van der Waals surface area (Å²) in [6.07, 6.45) is 0.640. The molecule has 0 saturated carbocycles. The molecule has 134 valence electrons. The molecule has 1 saturated heterocycles. The Balaban J connectivity index is 1.71. The third-order valence-corrected chi connectivity index (χ3v) is 6.18. The van der Waals surface area contributed by atoms with Crippen molar-refractivity contribution in [1.29, 1.82) is 0 Å². The molecule has 1 fully saturated rings. The first-order valence-corrected chi connectivity index (χ1v) is 9.83. The molecule has 8 heteroatoms. The average molecular weight is 362 g/mol. The molecule has 0 aliphatic carbocycles. The number of benzene rings is 1. The summed E-state index contributed by atoms with van der Waals surface area (Å²) in [7, 11) is -3.19. The number of carbonyl (C=O) groups is 1. The normalized spacial score (nSPS) is 17.5. The second kappa shape index (κ2) is 6.51. The summed E-state index contributed by atoms with van der Waals surface area (Å²) in [6, 6.07) is 8.35. The van der Waals surface area contributed by atoms with Gasteiger partial charge in [0, 0.05) is 17.9 Å². The number of carbonyl (C=O) groups excluding carboxylic acids is 1. The highest BCUT2D eigenvalue weighted by Gasteiger charge is 2.28. The van der Waals surface area contributed by atoms with Gasteiger partial charge in [-0.2, -0.15) is 5.10 Å². The standard InChI is InChI=1S/C17H22N4O3S/c1-12-11-13(2)21(19-12)14(3)17(22)18-15-5-7-16(8-6-15)20-9-4-10-25(20,23)24/h5-8,11,14H,4,9-10H2,1-3H3,(H,18,22). The Kier molecular flexibility index (Phi) is 4.55. The number of anilines is 2. The maximum atomic E-state index is 12.4. The molecule has 1 amide bonds. The fourth-order valence-corrected chi connectivity index (χ4v) is 4.60. The van der Waals surface area contributed by atoms with E-state index in [1.807, 2.05) is 19.9 Å². The topological polar surface area (TPSA) is 84.3 Å². The largest absolute Gasteiger partial charge is 0.324 e. The smallest absolute Gasteiger partial charge is 0.248 e. The highest BCUT2D eigenvalue weighted by molar-refractivity contribution is 7.93. The lowest BCUT2D eigenvalue weighted by Gasteiger charge is -2.18. The number of hydrogen-bond donors (Lipinski definition) is 1. The minimum Gasteiger partial charge on any atom is -0.324 e. The lowest BCUT2D eigenvalue weighted by atomic mass is 10.2. The predicted octanol–water partition coefficient (Wildman–Crippen LogP) is 2.24. The molecule has 1 aromatic carbocycles. The third-order valence-electron chi connectivity index (χ3n) is 4.31. The van der Waals surface area contributed by atoms with E-state index >= 15 is 0 Å². The van der Waals surface area contributed by atoms with Crippen molar-refractivity contribution in [3.8, 4) is 0 Å². The van der Waals surface area contributed by atoms with Gasteiger partial charge in [0.05, 0.1) is 17.1 Å². The van der Waals surface area contributed by atoms with Crippen LogP contribution in [0.2, 0.25) is 0 Å². The monoisotopic (exact) mass is 362 g/mol. The van der Waals surface area contributed by atoms with E-state index in [2.05, 4.69) is 10.4 Å². The lowest BCUT2D eigenvalue weighted by Crippen LogP contribution is -2.26. The molecule has 0 spiro atoms. The summed E-state index contributed by atoms with van der Waals surface area (Å²) in [5.41, 5.74) is 3.05. The first-order valence-electron chi connectivity index (χ1n) is 8.22. The molecule has 2 aromatic rings. The predicted molar refractivity (Wildman–Crippen MR) is 97.2 cm³/mol. The van der Waals surface area contributed by atoms with Gasteiger partial charge in [0.1, 0.15) is 6.04 Å². The Morgan fingerprint density at radius 3 is 2.44 bits per heavy atom. The number of sulfonamides is 1. The van der Waals surface area contributed by atoms with Crippen LogP contribution < -0.4 is 9.62 Å². The molecule has 1 unspecified atom stereocenters. The van der Waals surface area contributed by atoms with Crippen LogP contribution >= 0.6 is 0 Å². The van der Waals surface area contributed by atoms with Gasteiger partial charge in [-0.05, 0) is 57.5 Å². The van der Waals surface area contributed by atoms with Crippen LogP contribution in [-0.2, 0) is 14.8 Å². The van der Waals surface area contributed by atoms with Crippen LogP contribution in [0.1, 0.15) is 30.8 Å². The molecular formula is C17H22N4O3S. The molecular weight excluding hydrogens is 340 g/mol. The zero-order valence-electron chi connectivity index (χ0n) is 14.6. The van der Waals surface area contributed by atoms with E-state index in [0.29, 0.717) is 24.3 Å². The van der Waals surface area contributed by atoms with Crippen molar-refractivity contribution in [1.82, 2.24) is 9.78 Å². The quantitative estimate of drug-likeness (QED) is 0.904. The minimum absolute atomic E-state index is 0.173. The molecule has 3 rings (SSSR count). The van der Waals surface area contributed by atoms with Gasteiger partial charge in [0.15, 0.2) is 0 Å². The first kappa shape index (κ1) is 17.5. The number of aromatic nitrogens is 2. The zero-order chi connectivity index (χ0) is 18.2. The summed E-state index contributed by atoms with van der Waals surface area (Å²) in [5, 5.41) is 7.19. The summed E-state index contributed by atoms with van der Waals surface area (Å²) < 4.78 is 27.0. The van der Waals surface area contributed by atoms with Crippen molar-refractivity contribution in [2.45, 2.75) is 33.2 Å². The molecule has 0 bridgehead atoms. The van der Waals surface area contributed by atoms with Crippen LogP contribution in [0.15, 0.2) is 30.3 Å². The summed E-state index contributed by atoms with van der Waals surface area (Å²) >= 11 is 0. The van der Waals surface area contributed by atoms with E-state index in [0.717, 1.165) is 11.4 Å². The number of aryl methyl sites for hydroxylation is 2. The number of nitrogens with one attached hydrogen (secondary N) is 1. The van der Waals surface area contributed by atoms with Gasteiger partial charge in [0.2, 0.25) is 15.9 Å². The molecule has 1 aromatic heterocycles. The van der Waals surface area contributed by atoms with E-state index in [1.165, 1.54) is 4.31 Å². The van der Waals surface area contributed by atoms with Crippen molar-refractivity contribution in [2.24, 2.45) is 0 Å². The molecule has 1 atom stereocenters. The van der Waals surface area contributed by atoms with Crippen molar-refractivity contribution in [3.63, 3.8) is 0 Å². The molecule has 0 radical (unpaired) electrons. The maximum absolute atomic E-state index is 12.4.